The molecule has 0 aliphatic rings. The highest BCUT2D eigenvalue weighted by Gasteiger charge is 2.22. The number of nitrogens with one attached hydrogen (secondary N) is 2. The Labute approximate surface area is 250 Å². The summed E-state index contributed by atoms with van der Waals surface area (Å²) in [5, 5.41) is 8.06. The zero-order chi connectivity index (χ0) is 29.5. The van der Waals surface area contributed by atoms with Crippen molar-refractivity contribution in [1.29, 1.82) is 0 Å². The maximum Gasteiger partial charge on any atom is 0.328 e. The van der Waals surface area contributed by atoms with Gasteiger partial charge in [0.1, 0.15) is 11.8 Å². The van der Waals surface area contributed by atoms with Crippen molar-refractivity contribution in [3.63, 3.8) is 0 Å². The molecule has 41 heavy (non-hydrogen) atoms. The molecule has 0 aromatic heterocycles. The molecule has 2 amide bonds. The van der Waals surface area contributed by atoms with Gasteiger partial charge in [-0.15, -0.1) is 11.8 Å². The second-order valence-electron chi connectivity index (χ2n) is 9.46. The van der Waals surface area contributed by atoms with Crippen LogP contribution in [0.3, 0.4) is 0 Å². The Balaban J connectivity index is 1.58. The first-order chi connectivity index (χ1) is 19.9. The largest absolute Gasteiger partial charge is 0.497 e. The number of rotatable bonds is 17. The lowest BCUT2D eigenvalue weighted by Crippen LogP contribution is -2.47. The van der Waals surface area contributed by atoms with Crippen LogP contribution in [0.2, 0.25) is 0 Å². The minimum Gasteiger partial charge on any atom is -0.497 e. The summed E-state index contributed by atoms with van der Waals surface area (Å²) in [6.07, 6.45) is 2.45. The predicted molar refractivity (Wildman–Crippen MR) is 168 cm³/mol. The van der Waals surface area contributed by atoms with Crippen LogP contribution in [0, 0.1) is 0 Å². The van der Waals surface area contributed by atoms with Crippen molar-refractivity contribution in [1.82, 2.24) is 15.5 Å². The van der Waals surface area contributed by atoms with Crippen molar-refractivity contribution in [2.45, 2.75) is 24.8 Å². The minimum atomic E-state index is -0.693. The zero-order valence-electron chi connectivity index (χ0n) is 23.9. The molecule has 0 fully saturated rings. The molecule has 3 aromatic carbocycles. The summed E-state index contributed by atoms with van der Waals surface area (Å²) in [5.74, 6) is 1.83. The lowest BCUT2D eigenvalue weighted by molar-refractivity contribution is -0.145. The lowest BCUT2D eigenvalue weighted by Gasteiger charge is -2.24. The minimum absolute atomic E-state index is 0.0547. The number of nitrogens with zero attached hydrogens (tertiary/aromatic N) is 1. The fourth-order valence-corrected chi connectivity index (χ4v) is 5.63. The topological polar surface area (TPSA) is 97.0 Å². The molecule has 0 saturated heterocycles. The summed E-state index contributed by atoms with van der Waals surface area (Å²) in [6, 6.07) is 21.4. The van der Waals surface area contributed by atoms with E-state index >= 15 is 0 Å². The zero-order valence-corrected chi connectivity index (χ0v) is 25.5. The summed E-state index contributed by atoms with van der Waals surface area (Å²) < 4.78 is 10.1. The van der Waals surface area contributed by atoms with Crippen molar-refractivity contribution in [2.24, 2.45) is 0 Å². The van der Waals surface area contributed by atoms with Gasteiger partial charge < -0.3 is 20.1 Å². The van der Waals surface area contributed by atoms with Crippen molar-refractivity contribution in [2.75, 3.05) is 51.6 Å². The Kier molecular flexibility index (Phi) is 13.8. The Hall–Kier alpha value is -3.21. The molecule has 2 N–H and O–H groups in total. The Morgan fingerprint density at radius 2 is 1.71 bits per heavy atom. The number of methoxy groups -OCH3 is 2. The molecule has 8 nitrogen and oxygen atoms in total. The molecule has 3 rings (SSSR count). The highest BCUT2D eigenvalue weighted by molar-refractivity contribution is 7.99. The maximum absolute atomic E-state index is 13.0. The van der Waals surface area contributed by atoms with Crippen LogP contribution in [0.1, 0.15) is 17.5 Å². The number of carbonyl (C=O) groups excluding carboxylic acids is 3. The van der Waals surface area contributed by atoms with Crippen LogP contribution in [0.4, 0.5) is 0 Å². The van der Waals surface area contributed by atoms with E-state index in [1.54, 1.807) is 30.6 Å². The number of ether oxygens (including phenoxy) is 2. The number of esters is 1. The van der Waals surface area contributed by atoms with Gasteiger partial charge in [-0.1, -0.05) is 54.6 Å². The SMILES string of the molecule is COC(=O)[C@H](CCSC)NC(=O)CN(CCNC(=O)CSCc1ccc(OC)cc1)Cc1cccc2ccccc12. The number of hydrogen-bond donors (Lipinski definition) is 2. The van der Waals surface area contributed by atoms with Crippen LogP contribution >= 0.6 is 23.5 Å². The Morgan fingerprint density at radius 3 is 2.44 bits per heavy atom. The fourth-order valence-electron chi connectivity index (χ4n) is 4.34. The van der Waals surface area contributed by atoms with Gasteiger partial charge in [-0.05, 0) is 52.5 Å². The number of hydrogen-bond acceptors (Lipinski definition) is 8. The third-order valence-corrected chi connectivity index (χ3v) is 8.13. The summed E-state index contributed by atoms with van der Waals surface area (Å²) in [4.78, 5) is 39.8. The van der Waals surface area contributed by atoms with Crippen LogP contribution in [-0.2, 0) is 31.4 Å². The summed E-state index contributed by atoms with van der Waals surface area (Å²) in [5.41, 5.74) is 2.21. The average Bonchev–Trinajstić information content (AvgIpc) is 2.99. The van der Waals surface area contributed by atoms with Crippen LogP contribution in [0.25, 0.3) is 10.8 Å². The van der Waals surface area contributed by atoms with Crippen LogP contribution < -0.4 is 15.4 Å². The quantitative estimate of drug-likeness (QED) is 0.225. The van der Waals surface area contributed by atoms with Crippen molar-refractivity contribution < 1.29 is 23.9 Å². The van der Waals surface area contributed by atoms with Gasteiger partial charge in [-0.3, -0.25) is 14.5 Å². The number of benzene rings is 3. The molecular formula is C31H39N3O5S2. The first-order valence-corrected chi connectivity index (χ1v) is 16.0. The van der Waals surface area contributed by atoms with Gasteiger partial charge in [0.15, 0.2) is 0 Å². The maximum atomic E-state index is 13.0. The van der Waals surface area contributed by atoms with Crippen molar-refractivity contribution in [3.05, 3.63) is 77.9 Å². The molecule has 0 radical (unpaired) electrons. The van der Waals surface area contributed by atoms with Crippen LogP contribution in [-0.4, -0.2) is 80.3 Å². The molecule has 0 aliphatic carbocycles. The normalized spacial score (nSPS) is 11.7. The van der Waals surface area contributed by atoms with Crippen molar-refractivity contribution >= 4 is 52.1 Å². The number of amides is 2. The lowest BCUT2D eigenvalue weighted by atomic mass is 10.0. The molecule has 0 spiro atoms. The van der Waals surface area contributed by atoms with E-state index in [2.05, 4.69) is 34.9 Å². The Bertz CT molecular complexity index is 1270. The van der Waals surface area contributed by atoms with E-state index in [1.165, 1.54) is 7.11 Å². The monoisotopic (exact) mass is 597 g/mol. The average molecular weight is 598 g/mol. The number of thioether (sulfide) groups is 2. The fraction of sp³-hybridized carbons (Fsp3) is 0.387. The van der Waals surface area contributed by atoms with Gasteiger partial charge in [0, 0.05) is 25.4 Å². The van der Waals surface area contributed by atoms with Gasteiger partial charge >= 0.3 is 5.97 Å². The summed E-state index contributed by atoms with van der Waals surface area (Å²) in [6.45, 7) is 1.47. The molecule has 0 unspecified atom stereocenters. The van der Waals surface area contributed by atoms with Crippen LogP contribution in [0.5, 0.6) is 5.75 Å². The smallest absolute Gasteiger partial charge is 0.328 e. The number of carbonyl (C=O) groups is 3. The van der Waals surface area contributed by atoms with E-state index in [1.807, 2.05) is 53.6 Å². The third kappa shape index (κ3) is 10.9. The van der Waals surface area contributed by atoms with Crippen LogP contribution in [0.15, 0.2) is 66.7 Å². The number of fused-ring (bicyclic) bond motifs is 1. The molecule has 0 heterocycles. The van der Waals surface area contributed by atoms with E-state index in [9.17, 15) is 14.4 Å². The van der Waals surface area contributed by atoms with Crippen molar-refractivity contribution in [3.8, 4) is 5.75 Å². The van der Waals surface area contributed by atoms with Gasteiger partial charge in [-0.25, -0.2) is 4.79 Å². The molecule has 220 valence electrons. The van der Waals surface area contributed by atoms with Gasteiger partial charge in [0.25, 0.3) is 0 Å². The van der Waals surface area contributed by atoms with Gasteiger partial charge in [-0.2, -0.15) is 11.8 Å². The summed E-state index contributed by atoms with van der Waals surface area (Å²) in [7, 11) is 2.96. The highest BCUT2D eigenvalue weighted by Crippen LogP contribution is 2.20. The molecule has 1 atom stereocenters. The molecule has 0 bridgehead atoms. The Morgan fingerprint density at radius 1 is 0.951 bits per heavy atom. The molecule has 0 aliphatic heterocycles. The van der Waals surface area contributed by atoms with E-state index < -0.39 is 12.0 Å². The second kappa shape index (κ2) is 17.6. The third-order valence-electron chi connectivity index (χ3n) is 6.48. The molecule has 10 heteroatoms. The van der Waals surface area contributed by atoms with Gasteiger partial charge in [0.2, 0.25) is 11.8 Å². The molecule has 3 aromatic rings. The van der Waals surface area contributed by atoms with Gasteiger partial charge in [0.05, 0.1) is 26.5 Å². The molecule has 0 saturated carbocycles. The predicted octanol–water partition coefficient (Wildman–Crippen LogP) is 4.11. The van der Waals surface area contributed by atoms with E-state index in [-0.39, 0.29) is 18.4 Å². The first kappa shape index (κ1) is 32.3. The van der Waals surface area contributed by atoms with E-state index in [0.29, 0.717) is 31.8 Å². The second-order valence-corrected chi connectivity index (χ2v) is 11.4. The highest BCUT2D eigenvalue weighted by atomic mass is 32.2. The van der Waals surface area contributed by atoms with E-state index in [0.717, 1.165) is 39.2 Å². The first-order valence-electron chi connectivity index (χ1n) is 13.5. The standard InChI is InChI=1S/C31H39N3O5S2/c1-38-26-13-11-23(12-14-26)21-41-22-30(36)32-16-17-34(19-25-9-6-8-24-7-4-5-10-27(24)25)20-29(35)33-28(15-18-40-3)31(37)39-2/h4-14,28H,15-22H2,1-3H3,(H,32,36)(H,33,35)/t28-/m0/s1. The van der Waals surface area contributed by atoms with E-state index in [4.69, 9.17) is 9.47 Å². The summed E-state index contributed by atoms with van der Waals surface area (Å²) >= 11 is 3.15. The molecular weight excluding hydrogens is 558 g/mol.